The van der Waals surface area contributed by atoms with E-state index in [2.05, 4.69) is 20.6 Å². The van der Waals surface area contributed by atoms with Gasteiger partial charge in [-0.3, -0.25) is 0 Å². The number of allylic oxidation sites excluding steroid dienone is 2. The Labute approximate surface area is 520 Å². The van der Waals surface area contributed by atoms with Gasteiger partial charge in [0.2, 0.25) is 11.8 Å². The fourth-order valence-electron chi connectivity index (χ4n) is 8.66. The van der Waals surface area contributed by atoms with Gasteiger partial charge in [0.25, 0.3) is 0 Å². The summed E-state index contributed by atoms with van der Waals surface area (Å²) in [6.45, 7) is 10.4. The highest BCUT2D eigenvalue weighted by Crippen LogP contribution is 2.51. The Balaban J connectivity index is 0.000000310. The minimum absolute atomic E-state index is 0.0482. The molecule has 8 N–H and O–H groups in total. The third-order valence-corrected chi connectivity index (χ3v) is 12.2. The number of carboxylic acid groups (broad SMARTS) is 6. The lowest BCUT2D eigenvalue weighted by Crippen LogP contribution is -2.27. The lowest BCUT2D eigenvalue weighted by molar-refractivity contribution is -0.159. The summed E-state index contributed by atoms with van der Waals surface area (Å²) in [6.07, 6.45) is 0.153. The molecule has 486 valence electrons. The van der Waals surface area contributed by atoms with E-state index in [1.807, 2.05) is 60.7 Å². The number of carbonyl (C=O) groups excluding carboxylic acids is 2. The first-order valence-corrected chi connectivity index (χ1v) is 27.0. The standard InChI is InChI=1S/2C29H27F3N2O3.3C2H2O4/c2*1-18(2)37-27-26-23(15-16-33-27)34-19(3)24(25(26)21-13-7-8-14-22(21)29(30,31)32)28(35)36-17-9-12-20-10-5-4-6-11-20;3*3-1(4)2(5)6/h2*4-16,18,25,34H,17H2,1-3H3;3*(H,3,4)(H,5,6)/b2*12-9+;;;. The smallest absolute Gasteiger partial charge is 0.416 e. The van der Waals surface area contributed by atoms with Crippen LogP contribution in [0, 0.1) is 0 Å². The number of ether oxygens (including phenoxy) is 4. The van der Waals surface area contributed by atoms with Gasteiger partial charge in [-0.25, -0.2) is 48.3 Å². The molecule has 4 heterocycles. The molecule has 92 heavy (non-hydrogen) atoms. The molecule has 2 unspecified atom stereocenters. The van der Waals surface area contributed by atoms with Crippen molar-refractivity contribution in [3.05, 3.63) is 213 Å². The highest BCUT2D eigenvalue weighted by molar-refractivity contribution is 6.28. The molecule has 2 aromatic heterocycles. The molecular formula is C64H60F6N4O18. The molecule has 2 atom stereocenters. The van der Waals surface area contributed by atoms with Crippen molar-refractivity contribution in [3.63, 3.8) is 0 Å². The van der Waals surface area contributed by atoms with E-state index in [0.717, 1.165) is 23.3 Å². The molecule has 0 fully saturated rings. The zero-order chi connectivity index (χ0) is 68.6. The number of anilines is 2. The predicted octanol–water partition coefficient (Wildman–Crippen LogP) is 11.4. The number of pyridine rings is 2. The van der Waals surface area contributed by atoms with Crippen LogP contribution >= 0.6 is 0 Å². The van der Waals surface area contributed by atoms with Crippen molar-refractivity contribution in [2.75, 3.05) is 23.8 Å². The second-order valence-electron chi connectivity index (χ2n) is 19.5. The van der Waals surface area contributed by atoms with Crippen LogP contribution in [0.25, 0.3) is 12.2 Å². The first-order chi connectivity index (χ1) is 43.3. The zero-order valence-electron chi connectivity index (χ0n) is 49.5. The highest BCUT2D eigenvalue weighted by atomic mass is 19.4. The van der Waals surface area contributed by atoms with Gasteiger partial charge in [0.05, 0.1) is 46.3 Å². The summed E-state index contributed by atoms with van der Waals surface area (Å²) in [7, 11) is 0. The van der Waals surface area contributed by atoms with E-state index in [1.165, 1.54) is 48.8 Å². The van der Waals surface area contributed by atoms with Crippen LogP contribution < -0.4 is 20.1 Å². The first-order valence-electron chi connectivity index (χ1n) is 27.0. The number of alkyl halides is 6. The second-order valence-corrected chi connectivity index (χ2v) is 19.5. The van der Waals surface area contributed by atoms with Gasteiger partial charge in [0, 0.05) is 46.3 Å². The van der Waals surface area contributed by atoms with Crippen molar-refractivity contribution in [1.82, 2.24) is 9.97 Å². The van der Waals surface area contributed by atoms with E-state index in [4.69, 9.17) is 78.4 Å². The summed E-state index contributed by atoms with van der Waals surface area (Å²) in [5.41, 5.74) is 2.70. The van der Waals surface area contributed by atoms with Gasteiger partial charge >= 0.3 is 60.1 Å². The summed E-state index contributed by atoms with van der Waals surface area (Å²) in [5.74, 6) is -14.3. The van der Waals surface area contributed by atoms with E-state index in [9.17, 15) is 35.9 Å². The van der Waals surface area contributed by atoms with Crippen LogP contribution in [0.4, 0.5) is 37.7 Å². The van der Waals surface area contributed by atoms with E-state index < -0.39 is 83.1 Å². The van der Waals surface area contributed by atoms with Crippen molar-refractivity contribution in [3.8, 4) is 11.8 Å². The topological polar surface area (TPSA) is 345 Å². The highest BCUT2D eigenvalue weighted by Gasteiger charge is 2.44. The first kappa shape index (κ1) is 73.2. The molecule has 0 saturated carbocycles. The van der Waals surface area contributed by atoms with Gasteiger partial charge in [-0.1, -0.05) is 109 Å². The minimum atomic E-state index is -4.63. The largest absolute Gasteiger partial charge is 0.475 e. The van der Waals surface area contributed by atoms with E-state index in [0.29, 0.717) is 33.9 Å². The number of halogens is 6. The van der Waals surface area contributed by atoms with E-state index in [-0.39, 0.29) is 59.5 Å². The zero-order valence-corrected chi connectivity index (χ0v) is 49.5. The predicted molar refractivity (Wildman–Crippen MR) is 318 cm³/mol. The lowest BCUT2D eigenvalue weighted by atomic mass is 9.79. The van der Waals surface area contributed by atoms with Crippen LogP contribution in [-0.4, -0.2) is 114 Å². The van der Waals surface area contributed by atoms with Crippen LogP contribution in [0.15, 0.2) is 168 Å². The Morgan fingerprint density at radius 1 is 0.467 bits per heavy atom. The molecule has 0 bridgehead atoms. The molecule has 2 aliphatic rings. The summed E-state index contributed by atoms with van der Waals surface area (Å²) >= 11 is 0. The summed E-state index contributed by atoms with van der Waals surface area (Å²) in [5, 5.41) is 50.6. The summed E-state index contributed by atoms with van der Waals surface area (Å²) in [6, 6.07) is 32.7. The molecule has 6 aromatic rings. The monoisotopic (exact) mass is 1290 g/mol. The molecule has 8 rings (SSSR count). The maximum Gasteiger partial charge on any atom is 0.416 e. The Bertz CT molecular complexity index is 3460. The summed E-state index contributed by atoms with van der Waals surface area (Å²) < 4.78 is 108. The fraction of sp³-hybridized carbons (Fsp3) is 0.219. The Morgan fingerprint density at radius 2 is 0.761 bits per heavy atom. The van der Waals surface area contributed by atoms with E-state index in [1.54, 1.807) is 78.0 Å². The second kappa shape index (κ2) is 33.9. The Hall–Kier alpha value is -11.3. The number of aromatic nitrogens is 2. The number of hydrogen-bond acceptors (Lipinski definition) is 16. The van der Waals surface area contributed by atoms with Gasteiger partial charge in [0.15, 0.2) is 0 Å². The molecule has 0 saturated heterocycles. The molecule has 2 aliphatic heterocycles. The van der Waals surface area contributed by atoms with Crippen molar-refractivity contribution in [2.24, 2.45) is 0 Å². The quantitative estimate of drug-likeness (QED) is 0.0285. The number of nitrogens with zero attached hydrogens (tertiary/aromatic N) is 2. The van der Waals surface area contributed by atoms with Crippen molar-refractivity contribution in [2.45, 2.75) is 77.9 Å². The normalized spacial score (nSPS) is 13.9. The number of nitrogens with one attached hydrogen (secondary N) is 2. The number of fused-ring (bicyclic) bond motifs is 2. The number of benzene rings is 4. The molecule has 0 radical (unpaired) electrons. The van der Waals surface area contributed by atoms with Crippen LogP contribution in [0.5, 0.6) is 11.8 Å². The van der Waals surface area contributed by atoms with Gasteiger partial charge in [0.1, 0.15) is 13.2 Å². The van der Waals surface area contributed by atoms with Crippen LogP contribution in [0.3, 0.4) is 0 Å². The van der Waals surface area contributed by atoms with Crippen LogP contribution in [-0.2, 0) is 60.2 Å². The van der Waals surface area contributed by atoms with Crippen molar-refractivity contribution >= 4 is 71.3 Å². The number of aliphatic carboxylic acids is 6. The number of carbonyl (C=O) groups is 8. The van der Waals surface area contributed by atoms with Crippen molar-refractivity contribution in [1.29, 1.82) is 0 Å². The van der Waals surface area contributed by atoms with Gasteiger partial charge in [-0.2, -0.15) is 26.3 Å². The molecule has 0 amide bonds. The van der Waals surface area contributed by atoms with Crippen LogP contribution in [0.2, 0.25) is 0 Å². The molecule has 0 spiro atoms. The average molecular weight is 1290 g/mol. The minimum Gasteiger partial charge on any atom is -0.475 e. The maximum atomic E-state index is 14.1. The van der Waals surface area contributed by atoms with Gasteiger partial charge < -0.3 is 60.2 Å². The number of rotatable bonds is 14. The van der Waals surface area contributed by atoms with Gasteiger partial charge in [-0.15, -0.1) is 0 Å². The van der Waals surface area contributed by atoms with E-state index >= 15 is 0 Å². The molecule has 4 aromatic carbocycles. The SMILES string of the molecule is CC1=C(C(=O)OC/C=C/c2ccccc2)C(c2ccccc2C(F)(F)F)c2c(ccnc2OC(C)C)N1.CC1=C(C(=O)OC/C=C/c2ccccc2)C(c2ccccc2C(F)(F)F)c2c(ccnc2OC(C)C)N1.O=C(O)C(=O)O.O=C(O)C(=O)O.O=C(O)C(=O)O. The fourth-order valence-corrected chi connectivity index (χ4v) is 8.66. The molecule has 0 aliphatic carbocycles. The number of carboxylic acids is 6. The Kier molecular flexibility index (Phi) is 26.9. The lowest BCUT2D eigenvalue weighted by Gasteiger charge is -2.32. The average Bonchev–Trinajstić information content (AvgIpc) is 0.753. The molecule has 22 nitrogen and oxygen atoms in total. The summed E-state index contributed by atoms with van der Waals surface area (Å²) in [4.78, 5) is 90.0. The van der Waals surface area contributed by atoms with Crippen molar-refractivity contribution < 1.29 is 114 Å². The maximum absolute atomic E-state index is 14.1. The number of esters is 2. The Morgan fingerprint density at radius 3 is 1.04 bits per heavy atom. The third-order valence-electron chi connectivity index (χ3n) is 12.2. The van der Waals surface area contributed by atoms with Gasteiger partial charge in [-0.05, 0) is 100 Å². The molecular weight excluding hydrogens is 1230 g/mol. The molecule has 28 heteroatoms. The number of hydrogen-bond donors (Lipinski definition) is 8. The third kappa shape index (κ3) is 21.5. The van der Waals surface area contributed by atoms with Crippen LogP contribution in [0.1, 0.15) is 97.9 Å².